The van der Waals surface area contributed by atoms with Crippen molar-refractivity contribution in [3.05, 3.63) is 70.9 Å². The molecule has 2 aromatic heterocycles. The average Bonchev–Trinajstić information content (AvgIpc) is 2.72. The van der Waals surface area contributed by atoms with Crippen molar-refractivity contribution < 1.29 is 17.4 Å². The van der Waals surface area contributed by atoms with Crippen LogP contribution in [-0.4, -0.2) is 19.9 Å². The average molecular weight is 448 g/mol. The third-order valence-corrected chi connectivity index (χ3v) is 5.57. The van der Waals surface area contributed by atoms with E-state index in [1.165, 1.54) is 13.1 Å². The largest absolute Gasteiger partial charge is 0.383 e. The van der Waals surface area contributed by atoms with Gasteiger partial charge in [0.15, 0.2) is 16.8 Å². The van der Waals surface area contributed by atoms with Gasteiger partial charge in [-0.25, -0.2) is 22.4 Å². The van der Waals surface area contributed by atoms with Gasteiger partial charge in [-0.15, -0.1) is 0 Å². The number of nitrogens with zero attached hydrogens (tertiary/aromatic N) is 2. The summed E-state index contributed by atoms with van der Waals surface area (Å²) in [5, 5.41) is 10.3. The van der Waals surface area contributed by atoms with Gasteiger partial charge < -0.3 is 16.5 Å². The highest BCUT2D eigenvalue weighted by molar-refractivity contribution is 7.86. The standard InChI is InChI=1S/C20H19F3N6OS/c1-10(24)14-5-12(8-28-20(14)25)7-27-19-15(22)3-4-16(18(19)23)29-31(30)17-6-13(21)9-26-11(17)2/h3-6,8-9,24,27,29H,7H2,1-2H3,(H2,25,28). The minimum absolute atomic E-state index is 0.000860. The van der Waals surface area contributed by atoms with Gasteiger partial charge in [0.05, 0.1) is 22.5 Å². The van der Waals surface area contributed by atoms with Crippen LogP contribution in [0.3, 0.4) is 0 Å². The summed E-state index contributed by atoms with van der Waals surface area (Å²) in [5.41, 5.74) is 6.53. The first kappa shape index (κ1) is 22.2. The van der Waals surface area contributed by atoms with Crippen molar-refractivity contribution in [1.82, 2.24) is 9.97 Å². The maximum Gasteiger partial charge on any atom is 0.173 e. The van der Waals surface area contributed by atoms with Crippen molar-refractivity contribution in [3.63, 3.8) is 0 Å². The van der Waals surface area contributed by atoms with E-state index in [2.05, 4.69) is 20.0 Å². The molecule has 3 aromatic rings. The van der Waals surface area contributed by atoms with Gasteiger partial charge in [-0.05, 0) is 43.7 Å². The van der Waals surface area contributed by atoms with Crippen molar-refractivity contribution in [2.24, 2.45) is 0 Å². The molecule has 0 fully saturated rings. The number of pyridine rings is 2. The summed E-state index contributed by atoms with van der Waals surface area (Å²) in [4.78, 5) is 7.81. The van der Waals surface area contributed by atoms with Crippen LogP contribution in [0.5, 0.6) is 0 Å². The summed E-state index contributed by atoms with van der Waals surface area (Å²) in [6.07, 6.45) is 2.41. The van der Waals surface area contributed by atoms with E-state index in [9.17, 15) is 17.4 Å². The Morgan fingerprint density at radius 2 is 1.94 bits per heavy atom. The summed E-state index contributed by atoms with van der Waals surface area (Å²) in [6, 6.07) is 4.74. The number of nitrogens with two attached hydrogens (primary N) is 1. The van der Waals surface area contributed by atoms with Crippen LogP contribution in [0, 0.1) is 29.8 Å². The highest BCUT2D eigenvalue weighted by atomic mass is 32.2. The van der Waals surface area contributed by atoms with Crippen LogP contribution in [0.25, 0.3) is 0 Å². The lowest BCUT2D eigenvalue weighted by Crippen LogP contribution is -2.12. The second-order valence-electron chi connectivity index (χ2n) is 6.65. The fourth-order valence-electron chi connectivity index (χ4n) is 2.73. The maximum atomic E-state index is 14.9. The fourth-order valence-corrected chi connectivity index (χ4v) is 3.74. The first-order chi connectivity index (χ1) is 14.7. The topological polar surface area (TPSA) is 117 Å². The van der Waals surface area contributed by atoms with E-state index >= 15 is 0 Å². The minimum Gasteiger partial charge on any atom is -0.383 e. The number of nitrogen functional groups attached to an aromatic ring is 1. The molecule has 0 spiro atoms. The van der Waals surface area contributed by atoms with Crippen molar-refractivity contribution in [2.75, 3.05) is 15.8 Å². The monoisotopic (exact) mass is 448 g/mol. The van der Waals surface area contributed by atoms with Gasteiger partial charge in [-0.3, -0.25) is 9.71 Å². The molecule has 0 aliphatic rings. The molecule has 0 saturated heterocycles. The van der Waals surface area contributed by atoms with E-state index in [1.807, 2.05) is 0 Å². The van der Waals surface area contributed by atoms with Crippen molar-refractivity contribution in [1.29, 1.82) is 5.41 Å². The van der Waals surface area contributed by atoms with Crippen LogP contribution in [0.1, 0.15) is 23.7 Å². The molecule has 11 heteroatoms. The van der Waals surface area contributed by atoms with E-state index < -0.39 is 34.1 Å². The lowest BCUT2D eigenvalue weighted by molar-refractivity contribution is 0.590. The number of aromatic nitrogens is 2. The molecule has 1 atom stereocenters. The molecule has 3 rings (SSSR count). The zero-order valence-corrected chi connectivity index (χ0v) is 17.4. The summed E-state index contributed by atoms with van der Waals surface area (Å²) < 4.78 is 57.5. The Bertz CT molecular complexity index is 1190. The van der Waals surface area contributed by atoms with E-state index in [0.29, 0.717) is 16.8 Å². The van der Waals surface area contributed by atoms with Gasteiger partial charge in [0.25, 0.3) is 0 Å². The number of nitrogens with one attached hydrogen (secondary N) is 3. The van der Waals surface area contributed by atoms with Crippen LogP contribution in [0.2, 0.25) is 0 Å². The summed E-state index contributed by atoms with van der Waals surface area (Å²) >= 11 is 0. The Labute approximate surface area is 179 Å². The zero-order chi connectivity index (χ0) is 22.7. The molecule has 0 bridgehead atoms. The Morgan fingerprint density at radius 1 is 1.19 bits per heavy atom. The molecule has 5 N–H and O–H groups in total. The lowest BCUT2D eigenvalue weighted by Gasteiger charge is -2.14. The van der Waals surface area contributed by atoms with Crippen LogP contribution < -0.4 is 15.8 Å². The van der Waals surface area contributed by atoms with Crippen LogP contribution in [-0.2, 0) is 17.5 Å². The SMILES string of the molecule is CC(=N)c1cc(CNc2c(F)ccc(NS(=O)c3cc(F)cnc3C)c2F)cnc1N. The molecule has 0 radical (unpaired) electrons. The minimum atomic E-state index is -2.02. The maximum absolute atomic E-state index is 14.9. The second-order valence-corrected chi connectivity index (χ2v) is 7.83. The highest BCUT2D eigenvalue weighted by Gasteiger charge is 2.17. The number of hydrogen-bond donors (Lipinski definition) is 4. The Morgan fingerprint density at radius 3 is 2.65 bits per heavy atom. The Balaban J connectivity index is 1.82. The molecule has 0 amide bonds. The normalized spacial score (nSPS) is 11.8. The van der Waals surface area contributed by atoms with Gasteiger partial charge in [-0.1, -0.05) is 0 Å². The third kappa shape index (κ3) is 5.00. The first-order valence-corrected chi connectivity index (χ1v) is 10.1. The van der Waals surface area contributed by atoms with Gasteiger partial charge in [-0.2, -0.15) is 0 Å². The van der Waals surface area contributed by atoms with E-state index in [0.717, 1.165) is 24.4 Å². The number of halogens is 3. The van der Waals surface area contributed by atoms with Crippen LogP contribution in [0.4, 0.5) is 30.4 Å². The van der Waals surface area contributed by atoms with Gasteiger partial charge in [0.2, 0.25) is 0 Å². The van der Waals surface area contributed by atoms with Crippen LogP contribution >= 0.6 is 0 Å². The molecule has 1 unspecified atom stereocenters. The quantitative estimate of drug-likeness (QED) is 0.409. The zero-order valence-electron chi connectivity index (χ0n) is 16.6. The predicted molar refractivity (Wildman–Crippen MR) is 114 cm³/mol. The van der Waals surface area contributed by atoms with E-state index in [4.69, 9.17) is 11.1 Å². The lowest BCUT2D eigenvalue weighted by atomic mass is 10.1. The number of hydrogen-bond acceptors (Lipinski definition) is 6. The van der Waals surface area contributed by atoms with Crippen molar-refractivity contribution in [2.45, 2.75) is 25.3 Å². The summed E-state index contributed by atoms with van der Waals surface area (Å²) in [7, 11) is -2.02. The fraction of sp³-hybridized carbons (Fsp3) is 0.150. The molecule has 1 aromatic carbocycles. The predicted octanol–water partition coefficient (Wildman–Crippen LogP) is 3.92. The van der Waals surface area contributed by atoms with Crippen molar-refractivity contribution >= 4 is 33.9 Å². The molecular weight excluding hydrogens is 429 g/mol. The highest BCUT2D eigenvalue weighted by Crippen LogP contribution is 2.28. The molecule has 0 aliphatic heterocycles. The molecule has 0 saturated carbocycles. The van der Waals surface area contributed by atoms with Crippen LogP contribution in [0.15, 0.2) is 41.6 Å². The Kier molecular flexibility index (Phi) is 6.54. The smallest absolute Gasteiger partial charge is 0.173 e. The summed E-state index contributed by atoms with van der Waals surface area (Å²) in [5.74, 6) is -2.36. The van der Waals surface area contributed by atoms with Gasteiger partial charge in [0.1, 0.15) is 23.1 Å². The summed E-state index contributed by atoms with van der Waals surface area (Å²) in [6.45, 7) is 3.09. The molecule has 31 heavy (non-hydrogen) atoms. The van der Waals surface area contributed by atoms with Crippen molar-refractivity contribution in [3.8, 4) is 0 Å². The molecule has 162 valence electrons. The number of aryl methyl sites for hydroxylation is 1. The number of anilines is 3. The third-order valence-electron chi connectivity index (χ3n) is 4.35. The number of benzene rings is 1. The first-order valence-electron chi connectivity index (χ1n) is 8.99. The second kappa shape index (κ2) is 9.13. The van der Waals surface area contributed by atoms with E-state index in [-0.39, 0.29) is 28.7 Å². The number of rotatable bonds is 7. The molecule has 7 nitrogen and oxygen atoms in total. The van der Waals surface area contributed by atoms with E-state index in [1.54, 1.807) is 13.0 Å². The molecule has 0 aliphatic carbocycles. The van der Waals surface area contributed by atoms with Gasteiger partial charge >= 0.3 is 0 Å². The molecule has 2 heterocycles. The van der Waals surface area contributed by atoms with Gasteiger partial charge in [0, 0.05) is 24.0 Å². The Hall–Kier alpha value is -3.47. The molecular formula is C20H19F3N6OS.